The van der Waals surface area contributed by atoms with E-state index in [0.29, 0.717) is 0 Å². The van der Waals surface area contributed by atoms with Crippen molar-refractivity contribution in [2.75, 3.05) is 0 Å². The van der Waals surface area contributed by atoms with Gasteiger partial charge in [-0.05, 0) is 0 Å². The molecule has 0 aliphatic heterocycles. The average Bonchev–Trinajstić information content (AvgIpc) is 2.71. The molecule has 1 radical (unpaired) electrons. The van der Waals surface area contributed by atoms with E-state index in [1.807, 2.05) is 30.7 Å². The van der Waals surface area contributed by atoms with Crippen molar-refractivity contribution >= 4 is 19.8 Å². The molecule has 1 aliphatic rings. The monoisotopic (exact) mass is 350 g/mol. The van der Waals surface area contributed by atoms with Crippen LogP contribution in [0.4, 0.5) is 0 Å². The second-order valence-corrected chi connectivity index (χ2v) is 0.962. The van der Waals surface area contributed by atoms with Gasteiger partial charge in [0.05, 0.1) is 0 Å². The fourth-order valence-electron chi connectivity index (χ4n) is 0.321. The first-order valence-corrected chi connectivity index (χ1v) is 7.38. The molecule has 1 rings (SSSR count). The SMILES string of the molecule is [C-]#[O+].[C-]#[O+].[CH]1C=CC=C1.[Ru][I]. The molecule has 0 N–H and O–H groups in total. The Morgan fingerprint density at radius 2 is 1.09 bits per heavy atom. The minimum absolute atomic E-state index is 2.00. The molecule has 60 valence electrons. The summed E-state index contributed by atoms with van der Waals surface area (Å²) in [6, 6.07) is 0. The molecule has 0 aromatic rings. The molecule has 0 amide bonds. The van der Waals surface area contributed by atoms with Crippen molar-refractivity contribution in [3.8, 4) is 0 Å². The van der Waals surface area contributed by atoms with Crippen LogP contribution in [0.5, 0.6) is 0 Å². The van der Waals surface area contributed by atoms with Crippen LogP contribution in [0.1, 0.15) is 0 Å². The van der Waals surface area contributed by atoms with Crippen LogP contribution >= 0.6 is 19.8 Å². The van der Waals surface area contributed by atoms with E-state index < -0.39 is 0 Å². The van der Waals surface area contributed by atoms with Gasteiger partial charge >= 0.3 is 57.1 Å². The molecule has 0 unspecified atom stereocenters. The Labute approximate surface area is 87.4 Å². The number of hydrogen-bond donors (Lipinski definition) is 0. The normalized spacial score (nSPS) is 8.91. The fraction of sp³-hybridized carbons (Fsp3) is 0. The summed E-state index contributed by atoms with van der Waals surface area (Å²) in [5.41, 5.74) is 0. The number of hydrogen-bond acceptors (Lipinski definition) is 0. The van der Waals surface area contributed by atoms with Gasteiger partial charge in [-0.1, -0.05) is 24.3 Å². The summed E-state index contributed by atoms with van der Waals surface area (Å²) >= 11 is 4.40. The van der Waals surface area contributed by atoms with Crippen LogP contribution in [0.3, 0.4) is 0 Å². The Bertz CT molecular complexity index is 122. The Morgan fingerprint density at radius 3 is 1.18 bits per heavy atom. The van der Waals surface area contributed by atoms with Crippen molar-refractivity contribution in [2.45, 2.75) is 0 Å². The summed E-state index contributed by atoms with van der Waals surface area (Å²) in [4.78, 5) is 0. The van der Waals surface area contributed by atoms with Crippen molar-refractivity contribution < 1.29 is 24.1 Å². The van der Waals surface area contributed by atoms with Gasteiger partial charge in [-0.2, -0.15) is 0 Å². The van der Waals surface area contributed by atoms with E-state index in [-0.39, 0.29) is 0 Å². The Balaban J connectivity index is -0.0000000933. The van der Waals surface area contributed by atoms with E-state index in [4.69, 9.17) is 9.30 Å². The molecule has 0 fully saturated rings. The predicted molar refractivity (Wildman–Crippen MR) is 44.5 cm³/mol. The van der Waals surface area contributed by atoms with Crippen LogP contribution in [0.2, 0.25) is 0 Å². The van der Waals surface area contributed by atoms with Crippen molar-refractivity contribution in [2.24, 2.45) is 0 Å². The molecule has 0 aromatic carbocycles. The number of rotatable bonds is 0. The van der Waals surface area contributed by atoms with Gasteiger partial charge in [-0.15, -0.1) is 0 Å². The quantitative estimate of drug-likeness (QED) is 0.278. The zero-order valence-corrected chi connectivity index (χ0v) is 9.33. The minimum atomic E-state index is 2.00. The summed E-state index contributed by atoms with van der Waals surface area (Å²) in [6.07, 6.45) is 10.0. The van der Waals surface area contributed by atoms with Crippen molar-refractivity contribution in [1.82, 2.24) is 0 Å². The summed E-state index contributed by atoms with van der Waals surface area (Å²) in [5.74, 6) is 0. The molecule has 4 heteroatoms. The van der Waals surface area contributed by atoms with E-state index in [0.717, 1.165) is 0 Å². The molecule has 0 saturated heterocycles. The van der Waals surface area contributed by atoms with Gasteiger partial charge in [0.2, 0.25) is 0 Å². The second-order valence-electron chi connectivity index (χ2n) is 0.962. The summed E-state index contributed by atoms with van der Waals surface area (Å²) in [7, 11) is 0. The van der Waals surface area contributed by atoms with Gasteiger partial charge in [-0.25, -0.2) is 0 Å². The molecule has 0 saturated carbocycles. The standard InChI is InChI=1S/C5H5.2CO.HI.Ru/c1-2-4-5-3-1;2*1-2;;/h1-5H;;;1H;/q;;;;+1/p-1. The van der Waals surface area contributed by atoms with Gasteiger partial charge in [0.15, 0.2) is 0 Å². The van der Waals surface area contributed by atoms with Gasteiger partial charge in [-0.3, -0.25) is 0 Å². The summed E-state index contributed by atoms with van der Waals surface area (Å²) < 4.78 is 15.0. The van der Waals surface area contributed by atoms with Crippen LogP contribution in [0.25, 0.3) is 0 Å². The van der Waals surface area contributed by atoms with Gasteiger partial charge in [0, 0.05) is 6.42 Å². The third kappa shape index (κ3) is 25.2. The van der Waals surface area contributed by atoms with E-state index >= 15 is 0 Å². The van der Waals surface area contributed by atoms with Gasteiger partial charge in [0.1, 0.15) is 0 Å². The zero-order valence-electron chi connectivity index (χ0n) is 5.43. The van der Waals surface area contributed by atoms with Crippen LogP contribution in [-0.2, 0) is 24.1 Å². The van der Waals surface area contributed by atoms with E-state index in [1.54, 1.807) is 0 Å². The molecule has 0 bridgehead atoms. The second kappa shape index (κ2) is 31.7. The van der Waals surface area contributed by atoms with Crippen LogP contribution < -0.4 is 0 Å². The third-order valence-electron chi connectivity index (χ3n) is 0.556. The van der Waals surface area contributed by atoms with Crippen LogP contribution in [-0.4, -0.2) is 0 Å². The predicted octanol–water partition coefficient (Wildman–Crippen LogP) is 2.12. The molecule has 11 heavy (non-hydrogen) atoms. The van der Waals surface area contributed by atoms with Crippen molar-refractivity contribution in [1.29, 1.82) is 0 Å². The molecule has 0 atom stereocenters. The number of allylic oxidation sites excluding steroid dienone is 4. The Kier molecular flexibility index (Phi) is 50.2. The van der Waals surface area contributed by atoms with E-state index in [9.17, 15) is 0 Å². The first-order chi connectivity index (χ1) is 5.50. The average molecular weight is 349 g/mol. The molecular formula is C7H5IO2Ru. The van der Waals surface area contributed by atoms with Crippen molar-refractivity contribution in [3.05, 3.63) is 44.0 Å². The Morgan fingerprint density at radius 1 is 0.818 bits per heavy atom. The molecular weight excluding hydrogens is 344 g/mol. The maximum absolute atomic E-state index is 7.50. The number of halogens is 1. The zero-order chi connectivity index (χ0) is 9.54. The molecule has 1 aliphatic carbocycles. The van der Waals surface area contributed by atoms with Gasteiger partial charge in [0.25, 0.3) is 0 Å². The maximum atomic E-state index is 7.50. The first-order valence-electron chi connectivity index (χ1n) is 2.21. The third-order valence-corrected chi connectivity index (χ3v) is 0.556. The summed E-state index contributed by atoms with van der Waals surface area (Å²) in [5, 5.41) is 0. The van der Waals surface area contributed by atoms with Crippen LogP contribution in [0.15, 0.2) is 24.3 Å². The van der Waals surface area contributed by atoms with Crippen LogP contribution in [0, 0.1) is 19.7 Å². The summed E-state index contributed by atoms with van der Waals surface area (Å²) in [6.45, 7) is 9.00. The Hall–Kier alpha value is 0.313. The fourth-order valence-corrected chi connectivity index (χ4v) is 0.321. The van der Waals surface area contributed by atoms with Crippen molar-refractivity contribution in [3.63, 3.8) is 0 Å². The molecule has 0 aromatic heterocycles. The van der Waals surface area contributed by atoms with Gasteiger partial charge < -0.3 is 0 Å². The van der Waals surface area contributed by atoms with E-state index in [1.165, 1.54) is 0 Å². The topological polar surface area (TPSA) is 39.8 Å². The first kappa shape index (κ1) is 17.4. The molecule has 0 heterocycles. The van der Waals surface area contributed by atoms with E-state index in [2.05, 4.69) is 47.8 Å². The molecule has 2 nitrogen and oxygen atoms in total. The molecule has 0 spiro atoms.